The number of amides is 2. The van der Waals surface area contributed by atoms with Crippen LogP contribution in [0.5, 0.6) is 17.2 Å². The van der Waals surface area contributed by atoms with Gasteiger partial charge in [-0.25, -0.2) is 0 Å². The number of anilines is 2. The minimum atomic E-state index is -0.577. The number of hydrogen-bond acceptors (Lipinski definition) is 5. The Labute approximate surface area is 205 Å². The number of aromatic hydroxyl groups is 1. The van der Waals surface area contributed by atoms with Crippen molar-refractivity contribution in [3.05, 3.63) is 77.4 Å². The van der Waals surface area contributed by atoms with E-state index < -0.39 is 12.0 Å². The van der Waals surface area contributed by atoms with Gasteiger partial charge < -0.3 is 24.8 Å². The zero-order valence-electron chi connectivity index (χ0n) is 20.4. The summed E-state index contributed by atoms with van der Waals surface area (Å²) in [6.07, 6.45) is 0.605. The monoisotopic (exact) mass is 474 g/mol. The molecule has 1 heterocycles. The summed E-state index contributed by atoms with van der Waals surface area (Å²) in [6.45, 7) is 3.85. The molecular weight excluding hydrogens is 444 g/mol. The molecule has 2 amide bonds. The molecule has 1 aliphatic heterocycles. The smallest absolute Gasteiger partial charge is 0.230 e. The van der Waals surface area contributed by atoms with Crippen LogP contribution in [0.2, 0.25) is 0 Å². The van der Waals surface area contributed by atoms with Crippen molar-refractivity contribution < 1.29 is 24.2 Å². The quantitative estimate of drug-likeness (QED) is 0.483. The Morgan fingerprint density at radius 1 is 0.943 bits per heavy atom. The van der Waals surface area contributed by atoms with Crippen molar-refractivity contribution >= 4 is 23.2 Å². The van der Waals surface area contributed by atoms with E-state index in [4.69, 9.17) is 9.47 Å². The van der Waals surface area contributed by atoms with E-state index in [0.29, 0.717) is 23.6 Å². The first-order valence-electron chi connectivity index (χ1n) is 11.5. The molecule has 7 heteroatoms. The fourth-order valence-corrected chi connectivity index (χ4v) is 4.57. The van der Waals surface area contributed by atoms with Crippen molar-refractivity contribution in [2.75, 3.05) is 24.4 Å². The summed E-state index contributed by atoms with van der Waals surface area (Å²) in [5, 5.41) is 13.2. The lowest BCUT2D eigenvalue weighted by Gasteiger charge is -2.41. The molecule has 35 heavy (non-hydrogen) atoms. The van der Waals surface area contributed by atoms with E-state index in [9.17, 15) is 14.7 Å². The number of phenolic OH excluding ortho intramolecular Hbond substituents is 1. The van der Waals surface area contributed by atoms with Crippen molar-refractivity contribution in [1.29, 1.82) is 0 Å². The number of nitrogens with one attached hydrogen (secondary N) is 1. The van der Waals surface area contributed by atoms with Crippen molar-refractivity contribution in [3.63, 3.8) is 0 Å². The first kappa shape index (κ1) is 24.1. The zero-order valence-corrected chi connectivity index (χ0v) is 20.4. The molecule has 0 saturated carbocycles. The summed E-state index contributed by atoms with van der Waals surface area (Å²) >= 11 is 0. The highest BCUT2D eigenvalue weighted by atomic mass is 16.5. The minimum absolute atomic E-state index is 0.00305. The van der Waals surface area contributed by atoms with E-state index in [-0.39, 0.29) is 24.0 Å². The van der Waals surface area contributed by atoms with Crippen LogP contribution >= 0.6 is 0 Å². The van der Waals surface area contributed by atoms with E-state index in [1.165, 1.54) is 0 Å². The largest absolute Gasteiger partial charge is 0.506 e. The van der Waals surface area contributed by atoms with Gasteiger partial charge in [0.05, 0.1) is 31.9 Å². The Bertz CT molecular complexity index is 1240. The molecule has 0 aromatic heterocycles. The van der Waals surface area contributed by atoms with Crippen molar-refractivity contribution in [2.24, 2.45) is 5.92 Å². The van der Waals surface area contributed by atoms with Gasteiger partial charge in [-0.2, -0.15) is 0 Å². The Balaban J connectivity index is 1.78. The second-order valence-electron chi connectivity index (χ2n) is 8.81. The SMILES string of the molecule is COc1ccc(C2C(C(=O)Nc3ccc(C)cc3O)CCC(=O)N2c2ccc(C)cc2)cc1OC. The molecule has 0 bridgehead atoms. The highest BCUT2D eigenvalue weighted by Gasteiger charge is 2.42. The highest BCUT2D eigenvalue weighted by molar-refractivity contribution is 6.00. The molecular formula is C28H30N2O5. The third-order valence-electron chi connectivity index (χ3n) is 6.41. The molecule has 1 aliphatic rings. The summed E-state index contributed by atoms with van der Waals surface area (Å²) in [4.78, 5) is 28.5. The Morgan fingerprint density at radius 2 is 1.63 bits per heavy atom. The lowest BCUT2D eigenvalue weighted by atomic mass is 9.83. The average molecular weight is 475 g/mol. The van der Waals surface area contributed by atoms with Gasteiger partial charge in [-0.3, -0.25) is 9.59 Å². The van der Waals surface area contributed by atoms with Crippen LogP contribution in [0, 0.1) is 19.8 Å². The van der Waals surface area contributed by atoms with E-state index in [2.05, 4.69) is 5.32 Å². The standard InChI is InChI=1S/C28H30N2O5/c1-17-5-9-20(10-6-17)30-26(32)14-11-21(28(33)29-22-12-7-18(2)15-23(22)31)27(30)19-8-13-24(34-3)25(16-19)35-4/h5-10,12-13,15-16,21,27,31H,11,14H2,1-4H3,(H,29,33). The van der Waals surface area contributed by atoms with Gasteiger partial charge in [0.25, 0.3) is 0 Å². The molecule has 0 radical (unpaired) electrons. The Kier molecular flexibility index (Phi) is 6.96. The lowest BCUT2D eigenvalue weighted by molar-refractivity contribution is -0.126. The van der Waals surface area contributed by atoms with Gasteiger partial charge >= 0.3 is 0 Å². The van der Waals surface area contributed by atoms with Gasteiger partial charge in [0.15, 0.2) is 11.5 Å². The number of methoxy groups -OCH3 is 2. The van der Waals surface area contributed by atoms with Gasteiger partial charge in [-0.15, -0.1) is 0 Å². The van der Waals surface area contributed by atoms with Gasteiger partial charge in [-0.1, -0.05) is 29.8 Å². The molecule has 4 rings (SSSR count). The number of hydrogen-bond donors (Lipinski definition) is 2. The van der Waals surface area contributed by atoms with Crippen LogP contribution in [0.4, 0.5) is 11.4 Å². The summed E-state index contributed by atoms with van der Waals surface area (Å²) in [7, 11) is 3.11. The van der Waals surface area contributed by atoms with Gasteiger partial charge in [0.1, 0.15) is 5.75 Å². The average Bonchev–Trinajstić information content (AvgIpc) is 2.85. The number of aryl methyl sites for hydroxylation is 2. The molecule has 3 aromatic rings. The molecule has 182 valence electrons. The summed E-state index contributed by atoms with van der Waals surface area (Å²) in [5.41, 5.74) is 3.77. The number of rotatable bonds is 6. The third-order valence-corrected chi connectivity index (χ3v) is 6.41. The number of nitrogens with zero attached hydrogens (tertiary/aromatic N) is 1. The van der Waals surface area contributed by atoms with Gasteiger partial charge in [0, 0.05) is 12.1 Å². The lowest BCUT2D eigenvalue weighted by Crippen LogP contribution is -2.47. The molecule has 2 N–H and O–H groups in total. The molecule has 7 nitrogen and oxygen atoms in total. The minimum Gasteiger partial charge on any atom is -0.506 e. The van der Waals surface area contributed by atoms with Crippen LogP contribution < -0.4 is 19.7 Å². The summed E-state index contributed by atoms with van der Waals surface area (Å²) in [5.74, 6) is 0.189. The normalized spacial score (nSPS) is 17.7. The van der Waals surface area contributed by atoms with E-state index in [1.54, 1.807) is 37.3 Å². The fourth-order valence-electron chi connectivity index (χ4n) is 4.57. The van der Waals surface area contributed by atoms with Crippen LogP contribution in [-0.2, 0) is 9.59 Å². The molecule has 3 aromatic carbocycles. The summed E-state index contributed by atoms with van der Waals surface area (Å²) in [6, 6.07) is 17.7. The number of ether oxygens (including phenoxy) is 2. The Hall–Kier alpha value is -4.00. The molecule has 1 saturated heterocycles. The highest BCUT2D eigenvalue weighted by Crippen LogP contribution is 2.43. The third kappa shape index (κ3) is 4.94. The zero-order chi connectivity index (χ0) is 25.1. The summed E-state index contributed by atoms with van der Waals surface area (Å²) < 4.78 is 10.9. The van der Waals surface area contributed by atoms with Crippen LogP contribution in [0.3, 0.4) is 0 Å². The van der Waals surface area contributed by atoms with E-state index in [0.717, 1.165) is 22.4 Å². The van der Waals surface area contributed by atoms with Crippen molar-refractivity contribution in [2.45, 2.75) is 32.7 Å². The Morgan fingerprint density at radius 3 is 2.29 bits per heavy atom. The predicted octanol–water partition coefficient (Wildman–Crippen LogP) is 5.15. The first-order valence-corrected chi connectivity index (χ1v) is 11.5. The van der Waals surface area contributed by atoms with Crippen LogP contribution in [0.15, 0.2) is 60.7 Å². The number of carbonyl (C=O) groups excluding carboxylic acids is 2. The molecule has 2 atom stereocenters. The van der Waals surface area contributed by atoms with E-state index in [1.807, 2.05) is 56.3 Å². The maximum absolute atomic E-state index is 13.6. The maximum Gasteiger partial charge on any atom is 0.230 e. The van der Waals surface area contributed by atoms with Crippen molar-refractivity contribution in [1.82, 2.24) is 0 Å². The predicted molar refractivity (Wildman–Crippen MR) is 135 cm³/mol. The fraction of sp³-hybridized carbons (Fsp3) is 0.286. The van der Waals surface area contributed by atoms with Crippen LogP contribution in [-0.4, -0.2) is 31.1 Å². The number of benzene rings is 3. The second kappa shape index (κ2) is 10.1. The van der Waals surface area contributed by atoms with Gasteiger partial charge in [-0.05, 0) is 67.8 Å². The maximum atomic E-state index is 13.6. The molecule has 0 aliphatic carbocycles. The molecule has 0 spiro atoms. The molecule has 2 unspecified atom stereocenters. The second-order valence-corrected chi connectivity index (χ2v) is 8.81. The number of phenols is 1. The van der Waals surface area contributed by atoms with Crippen molar-refractivity contribution in [3.8, 4) is 17.2 Å². The van der Waals surface area contributed by atoms with E-state index >= 15 is 0 Å². The number of carbonyl (C=O) groups is 2. The number of piperidine rings is 1. The topological polar surface area (TPSA) is 88.1 Å². The van der Waals surface area contributed by atoms with Gasteiger partial charge in [0.2, 0.25) is 11.8 Å². The molecule has 1 fully saturated rings. The first-order chi connectivity index (χ1) is 16.8. The van der Waals surface area contributed by atoms with Crippen LogP contribution in [0.1, 0.15) is 35.6 Å². The van der Waals surface area contributed by atoms with Crippen LogP contribution in [0.25, 0.3) is 0 Å².